The number of thiophene rings is 2. The first-order valence-corrected chi connectivity index (χ1v) is 45.2. The van der Waals surface area contributed by atoms with Gasteiger partial charge in [-0.15, -0.1) is 22.7 Å². The van der Waals surface area contributed by atoms with Crippen LogP contribution in [0.1, 0.15) is 141 Å². The summed E-state index contributed by atoms with van der Waals surface area (Å²) in [5.41, 5.74) is 48.9. The summed E-state index contributed by atoms with van der Waals surface area (Å²) < 4.78 is 26.5. The van der Waals surface area contributed by atoms with Crippen LogP contribution in [0.5, 0.6) is 0 Å². The van der Waals surface area contributed by atoms with Crippen molar-refractivity contribution in [1.82, 2.24) is 69.2 Å². The van der Waals surface area contributed by atoms with E-state index >= 15 is 0 Å². The van der Waals surface area contributed by atoms with Crippen molar-refractivity contribution in [1.29, 1.82) is 0 Å². The molecule has 8 aliphatic rings. The van der Waals surface area contributed by atoms with Gasteiger partial charge in [0, 0.05) is 94.3 Å². The van der Waals surface area contributed by atoms with E-state index in [1.54, 1.807) is 71.2 Å². The number of likely N-dealkylation sites (N-methyl/N-ethyl adjacent to an activating group) is 1. The molecular formula is C99H105F2N19O4S2. The van der Waals surface area contributed by atoms with E-state index in [-0.39, 0.29) is 60.9 Å². The van der Waals surface area contributed by atoms with Crippen LogP contribution in [0, 0.1) is 11.6 Å². The predicted molar refractivity (Wildman–Crippen MR) is 493 cm³/mol. The number of likely N-dealkylation sites (tertiary alicyclic amines) is 2. The summed E-state index contributed by atoms with van der Waals surface area (Å²) in [7, 11) is 6.48. The molecule has 3 saturated heterocycles. The maximum Gasteiger partial charge on any atom is 0.229 e. The average Bonchev–Trinajstić information content (AvgIpc) is 1.64. The first-order chi connectivity index (χ1) is 61.2. The number of rotatable bonds is 16. The summed E-state index contributed by atoms with van der Waals surface area (Å²) in [6.45, 7) is 13.3. The van der Waals surface area contributed by atoms with Gasteiger partial charge in [-0.3, -0.25) is 44.1 Å². The van der Waals surface area contributed by atoms with E-state index in [1.807, 2.05) is 97.5 Å². The highest BCUT2D eigenvalue weighted by Crippen LogP contribution is 2.39. The molecular weight excluding hydrogens is 1620 g/mol. The second-order valence-electron chi connectivity index (χ2n) is 34.2. The molecule has 0 bridgehead atoms. The van der Waals surface area contributed by atoms with E-state index in [9.17, 15) is 28.0 Å². The minimum atomic E-state index is -0.300. The van der Waals surface area contributed by atoms with Crippen LogP contribution >= 0.6 is 22.7 Å². The molecule has 3 aromatic carbocycles. The number of fused-ring (bicyclic) bond motifs is 4. The first-order valence-electron chi connectivity index (χ1n) is 43.4. The molecule has 17 heterocycles. The van der Waals surface area contributed by atoms with Crippen LogP contribution in [0.15, 0.2) is 193 Å². The van der Waals surface area contributed by atoms with Gasteiger partial charge in [-0.25, -0.2) is 18.7 Å². The smallest absolute Gasteiger partial charge is 0.229 e. The zero-order valence-electron chi connectivity index (χ0n) is 71.4. The quantitative estimate of drug-likeness (QED) is 0.0699. The number of pyridine rings is 7. The van der Waals surface area contributed by atoms with Crippen molar-refractivity contribution in [2.24, 2.45) is 0 Å². The lowest BCUT2D eigenvalue weighted by atomic mass is 9.90. The molecule has 23 nitrogen and oxygen atoms in total. The molecule has 0 radical (unpaired) electrons. The van der Waals surface area contributed by atoms with E-state index in [4.69, 9.17) is 32.9 Å². The van der Waals surface area contributed by atoms with E-state index in [0.29, 0.717) is 121 Å². The number of amides is 4. The Labute approximate surface area is 741 Å². The summed E-state index contributed by atoms with van der Waals surface area (Å²) in [5, 5.41) is 4.04. The Morgan fingerprint density at radius 3 is 1.21 bits per heavy atom. The van der Waals surface area contributed by atoms with Crippen LogP contribution < -0.4 is 27.8 Å². The number of piperidine rings is 2. The van der Waals surface area contributed by atoms with Gasteiger partial charge in [-0.05, 0) is 286 Å². The summed E-state index contributed by atoms with van der Waals surface area (Å²) in [4.78, 5) is 104. The molecule has 4 amide bonds. The molecule has 12 aromatic rings. The molecule has 0 atom stereocenters. The Morgan fingerprint density at radius 2 is 0.794 bits per heavy atom. The number of carbonyl (C=O) groups is 4. The van der Waals surface area contributed by atoms with E-state index in [2.05, 4.69) is 108 Å². The second-order valence-corrected chi connectivity index (χ2v) is 36.1. The third-order valence-corrected chi connectivity index (χ3v) is 27.2. The van der Waals surface area contributed by atoms with Crippen molar-refractivity contribution in [3.63, 3.8) is 0 Å². The monoisotopic (exact) mass is 1730 g/mol. The molecule has 0 saturated carbocycles. The van der Waals surface area contributed by atoms with Gasteiger partial charge in [0.2, 0.25) is 23.6 Å². The van der Waals surface area contributed by atoms with Crippen molar-refractivity contribution >= 4 is 80.3 Å². The highest BCUT2D eigenvalue weighted by Gasteiger charge is 2.34. The third kappa shape index (κ3) is 20.2. The van der Waals surface area contributed by atoms with Crippen molar-refractivity contribution in [2.45, 2.75) is 135 Å². The van der Waals surface area contributed by atoms with Crippen molar-refractivity contribution in [3.8, 4) is 43.7 Å². The zero-order valence-corrected chi connectivity index (χ0v) is 73.1. The highest BCUT2D eigenvalue weighted by atomic mass is 32.1. The number of halogens is 2. The third-order valence-electron chi connectivity index (χ3n) is 25.4. The number of nitrogens with two attached hydrogens (primary N) is 4. The maximum absolute atomic E-state index is 13.3. The van der Waals surface area contributed by atoms with Gasteiger partial charge in [-0.1, -0.05) is 42.5 Å². The Bertz CT molecular complexity index is 5990. The van der Waals surface area contributed by atoms with Crippen LogP contribution in [0.2, 0.25) is 0 Å². The van der Waals surface area contributed by atoms with Crippen LogP contribution in [0.3, 0.4) is 0 Å². The molecule has 3 fully saturated rings. The number of nitrogens with zero attached hydrogens (tertiary/aromatic N) is 15. The summed E-state index contributed by atoms with van der Waals surface area (Å²) >= 11 is 3.26. The molecule has 0 unspecified atom stereocenters. The predicted octanol–water partition coefficient (Wildman–Crippen LogP) is 15.2. The number of aromatic nitrogens is 7. The summed E-state index contributed by atoms with van der Waals surface area (Å²) in [6, 6.07) is 48.0. The Kier molecular flexibility index (Phi) is 26.2. The number of carbonyl (C=O) groups excluding carboxylic acids is 4. The molecule has 20 rings (SSSR count). The van der Waals surface area contributed by atoms with E-state index < -0.39 is 0 Å². The number of hydrogen-bond donors (Lipinski definition) is 4. The van der Waals surface area contributed by atoms with Gasteiger partial charge in [0.1, 0.15) is 11.6 Å². The minimum absolute atomic E-state index is 0.0130. The zero-order chi connectivity index (χ0) is 87.1. The van der Waals surface area contributed by atoms with Crippen molar-refractivity contribution in [2.75, 3.05) is 101 Å². The van der Waals surface area contributed by atoms with Gasteiger partial charge in [-0.2, -0.15) is 0 Å². The van der Waals surface area contributed by atoms with E-state index in [0.717, 1.165) is 132 Å². The lowest BCUT2D eigenvalue weighted by molar-refractivity contribution is -0.131. The Balaban J connectivity index is 0.000000119. The summed E-state index contributed by atoms with van der Waals surface area (Å²) in [6.07, 6.45) is 17.0. The van der Waals surface area contributed by atoms with Crippen LogP contribution in [-0.2, 0) is 97.2 Å². The highest BCUT2D eigenvalue weighted by molar-refractivity contribution is 7.13. The lowest BCUT2D eigenvalue weighted by Crippen LogP contribution is -2.29. The van der Waals surface area contributed by atoms with Gasteiger partial charge in [0.15, 0.2) is 0 Å². The average molecular weight is 1730 g/mol. The SMILES string of the molecule is CN1CC=C(c2cnc3c(c2)CN(C(=O)Cc2nc(-c4cccs4)ccc2N)C3)CC1.CN1CCC(c2cnc3c(c2)CN(C(=O)Cc2nc(-c4ccc(F)cc4)ccc2N)C3)CC1.CN1CCC(c2cnc3c(c2)CN(C(=O)Cc2nc(-c4cccs4)ccc2N)C3)CC1.Nc1ccc(-c2ccc(F)cc2)nc1CC(=O)N1Cc2cccc(N3CCCC3)c2C1. The molecule has 27 heteroatoms. The first kappa shape index (κ1) is 85.6. The van der Waals surface area contributed by atoms with Crippen molar-refractivity contribution < 1.29 is 28.0 Å². The van der Waals surface area contributed by atoms with Gasteiger partial charge >= 0.3 is 0 Å². The molecule has 9 aromatic heterocycles. The maximum atomic E-state index is 13.3. The Morgan fingerprint density at radius 1 is 0.397 bits per heavy atom. The van der Waals surface area contributed by atoms with Crippen molar-refractivity contribution in [3.05, 3.63) is 289 Å². The molecule has 8 aliphatic heterocycles. The molecule has 0 spiro atoms. The standard InChI is InChI=1S/C26H28FN5O.C25H25FN4O.C24H27N5OS.C24H25N5OS/c1-31-10-8-17(9-11-31)19-12-20-15-32(16-25(20)29-14-19)26(33)13-24-22(28)6-7-23(30-24)18-2-4-21(27)5-3-18;26-19-8-6-17(7-9-19)22-11-10-21(27)23(28-22)14-25(31)30-15-18-4-3-5-24(20(18)16-30)29-12-1-2-13-29;2*1-28-8-6-16(7-9-28)17-11-18-14-29(15-22(18)26-13-17)24(30)12-21-19(25)4-5-20(27-21)23-3-2-10-31-23/h2-7,12,14,17H,8-11,13,15-16,28H2,1H3;3-11H,1-2,12-16,27H2;2-5,10-11,13,16H,6-9,12,14-15,25H2,1H3;2-6,10-11,13H,7-9,12,14-15,25H2,1H3. The minimum Gasteiger partial charge on any atom is -0.397 e. The number of benzene rings is 3. The number of nitrogen functional groups attached to an aromatic ring is 4. The van der Waals surface area contributed by atoms with E-state index in [1.165, 1.54) is 94.6 Å². The lowest BCUT2D eigenvalue weighted by Gasteiger charge is -2.29. The number of anilines is 5. The van der Waals surface area contributed by atoms with Gasteiger partial charge in [0.25, 0.3) is 0 Å². The molecule has 646 valence electrons. The largest absolute Gasteiger partial charge is 0.397 e. The fourth-order valence-electron chi connectivity index (χ4n) is 17.8. The Hall–Kier alpha value is -12.5. The second kappa shape index (κ2) is 38.5. The van der Waals surface area contributed by atoms with Crippen LogP contribution in [-0.4, -0.2) is 166 Å². The summed E-state index contributed by atoms with van der Waals surface area (Å²) in [5.74, 6) is 0.581. The van der Waals surface area contributed by atoms with Gasteiger partial charge in [0.05, 0.1) is 140 Å². The number of hydrogen-bond acceptors (Lipinski definition) is 21. The normalized spacial score (nSPS) is 16.4. The van der Waals surface area contributed by atoms with Crippen LogP contribution in [0.4, 0.5) is 37.2 Å². The molecule has 0 aliphatic carbocycles. The molecule has 8 N–H and O–H groups in total. The van der Waals surface area contributed by atoms with Crippen LogP contribution in [0.25, 0.3) is 49.2 Å². The molecule has 126 heavy (non-hydrogen) atoms. The fourth-order valence-corrected chi connectivity index (χ4v) is 19.2. The van der Waals surface area contributed by atoms with Gasteiger partial charge < -0.3 is 62.1 Å². The fraction of sp³-hybridized carbons (Fsp3) is 0.323. The topological polar surface area (TPSA) is 289 Å².